The SMILES string of the molecule is C=CCCCC(=N)N.Cl. The van der Waals surface area contributed by atoms with E-state index in [1.165, 1.54) is 0 Å². The van der Waals surface area contributed by atoms with Crippen LogP contribution in [0, 0.1) is 5.41 Å². The molecule has 0 amide bonds. The molecule has 0 aliphatic carbocycles. The van der Waals surface area contributed by atoms with E-state index in [0.717, 1.165) is 12.8 Å². The van der Waals surface area contributed by atoms with E-state index in [9.17, 15) is 0 Å². The molecule has 0 rings (SSSR count). The third kappa shape index (κ3) is 11.2. The monoisotopic (exact) mass is 148 g/mol. The van der Waals surface area contributed by atoms with E-state index in [0.29, 0.717) is 6.42 Å². The topological polar surface area (TPSA) is 49.9 Å². The predicted octanol–water partition coefficient (Wildman–Crippen LogP) is 1.70. The van der Waals surface area contributed by atoms with Crippen LogP contribution in [0.15, 0.2) is 12.7 Å². The van der Waals surface area contributed by atoms with Crippen LogP contribution in [-0.2, 0) is 0 Å². The molecule has 0 saturated heterocycles. The van der Waals surface area contributed by atoms with E-state index < -0.39 is 0 Å². The summed E-state index contributed by atoms with van der Waals surface area (Å²) >= 11 is 0. The summed E-state index contributed by atoms with van der Waals surface area (Å²) in [7, 11) is 0. The Morgan fingerprint density at radius 3 is 2.56 bits per heavy atom. The fourth-order valence-electron chi connectivity index (χ4n) is 0.437. The quantitative estimate of drug-likeness (QED) is 0.271. The van der Waals surface area contributed by atoms with Crippen molar-refractivity contribution in [3.8, 4) is 0 Å². The average Bonchev–Trinajstić information content (AvgIpc) is 1.66. The molecule has 0 radical (unpaired) electrons. The number of allylic oxidation sites excluding steroid dienone is 1. The molecule has 0 aromatic carbocycles. The number of amidine groups is 1. The molecule has 0 aromatic heterocycles. The van der Waals surface area contributed by atoms with E-state index in [4.69, 9.17) is 11.1 Å². The third-order valence-corrected chi connectivity index (χ3v) is 0.854. The molecule has 0 fully saturated rings. The first-order valence-corrected chi connectivity index (χ1v) is 2.71. The van der Waals surface area contributed by atoms with E-state index in [2.05, 4.69) is 6.58 Å². The van der Waals surface area contributed by atoms with Crippen LogP contribution < -0.4 is 5.73 Å². The molecule has 0 bridgehead atoms. The van der Waals surface area contributed by atoms with Crippen LogP contribution in [-0.4, -0.2) is 5.84 Å². The summed E-state index contributed by atoms with van der Waals surface area (Å²) in [5, 5.41) is 6.82. The molecule has 0 saturated carbocycles. The van der Waals surface area contributed by atoms with E-state index in [1.807, 2.05) is 6.08 Å². The largest absolute Gasteiger partial charge is 0.388 e. The van der Waals surface area contributed by atoms with Gasteiger partial charge in [0.05, 0.1) is 5.84 Å². The zero-order valence-electron chi connectivity index (χ0n) is 5.39. The highest BCUT2D eigenvalue weighted by molar-refractivity contribution is 5.85. The molecule has 0 atom stereocenters. The second kappa shape index (κ2) is 7.50. The van der Waals surface area contributed by atoms with Gasteiger partial charge in [0.1, 0.15) is 0 Å². The van der Waals surface area contributed by atoms with Crippen molar-refractivity contribution >= 4 is 18.2 Å². The molecule has 0 spiro atoms. The maximum atomic E-state index is 6.82. The smallest absolute Gasteiger partial charge is 0.0905 e. The second-order valence-corrected chi connectivity index (χ2v) is 1.71. The lowest BCUT2D eigenvalue weighted by Crippen LogP contribution is -2.08. The zero-order chi connectivity index (χ0) is 6.41. The molecule has 2 nitrogen and oxygen atoms in total. The summed E-state index contributed by atoms with van der Waals surface area (Å²) in [6.07, 6.45) is 4.45. The van der Waals surface area contributed by atoms with Crippen LogP contribution in [0.25, 0.3) is 0 Å². The molecule has 0 aliphatic rings. The van der Waals surface area contributed by atoms with Crippen LogP contribution in [0.1, 0.15) is 19.3 Å². The lowest BCUT2D eigenvalue weighted by atomic mass is 10.2. The standard InChI is InChI=1S/C6H12N2.ClH/c1-2-3-4-5-6(7)8;/h2H,1,3-5H2,(H3,7,8);1H. The van der Waals surface area contributed by atoms with Crippen molar-refractivity contribution < 1.29 is 0 Å². The Morgan fingerprint density at radius 1 is 1.67 bits per heavy atom. The van der Waals surface area contributed by atoms with Gasteiger partial charge in [-0.1, -0.05) is 6.08 Å². The molecule has 54 valence electrons. The second-order valence-electron chi connectivity index (χ2n) is 1.71. The Balaban J connectivity index is 0. The van der Waals surface area contributed by atoms with Gasteiger partial charge in [0, 0.05) is 6.42 Å². The summed E-state index contributed by atoms with van der Waals surface area (Å²) in [5.74, 6) is 0.270. The highest BCUT2D eigenvalue weighted by Crippen LogP contribution is 1.92. The summed E-state index contributed by atoms with van der Waals surface area (Å²) in [6.45, 7) is 3.55. The molecule has 3 heteroatoms. The number of hydrogen-bond acceptors (Lipinski definition) is 1. The maximum absolute atomic E-state index is 6.82. The molecule has 3 N–H and O–H groups in total. The fourth-order valence-corrected chi connectivity index (χ4v) is 0.437. The molecule has 0 aliphatic heterocycles. The van der Waals surface area contributed by atoms with Gasteiger partial charge in [-0.3, -0.25) is 5.41 Å². The van der Waals surface area contributed by atoms with Crippen molar-refractivity contribution in [2.24, 2.45) is 5.73 Å². The van der Waals surface area contributed by atoms with E-state index in [1.54, 1.807) is 0 Å². The Hall–Kier alpha value is -0.500. The third-order valence-electron chi connectivity index (χ3n) is 0.854. The predicted molar refractivity (Wildman–Crippen MR) is 43.2 cm³/mol. The lowest BCUT2D eigenvalue weighted by Gasteiger charge is -1.91. The highest BCUT2D eigenvalue weighted by Gasteiger charge is 1.85. The Morgan fingerprint density at radius 2 is 2.22 bits per heavy atom. The Bertz CT molecular complexity index is 91.1. The first kappa shape index (κ1) is 11.3. The Labute approximate surface area is 62.1 Å². The van der Waals surface area contributed by atoms with E-state index >= 15 is 0 Å². The van der Waals surface area contributed by atoms with Crippen molar-refractivity contribution in [2.75, 3.05) is 0 Å². The van der Waals surface area contributed by atoms with Gasteiger partial charge in [-0.25, -0.2) is 0 Å². The number of halogens is 1. The molecule has 0 unspecified atom stereocenters. The average molecular weight is 149 g/mol. The number of unbranched alkanes of at least 4 members (excludes halogenated alkanes) is 1. The van der Waals surface area contributed by atoms with Crippen LogP contribution in [0.2, 0.25) is 0 Å². The van der Waals surface area contributed by atoms with Crippen LogP contribution in [0.5, 0.6) is 0 Å². The number of nitrogens with one attached hydrogen (secondary N) is 1. The van der Waals surface area contributed by atoms with Gasteiger partial charge < -0.3 is 5.73 Å². The van der Waals surface area contributed by atoms with Crippen molar-refractivity contribution in [1.29, 1.82) is 5.41 Å². The van der Waals surface area contributed by atoms with Gasteiger partial charge >= 0.3 is 0 Å². The minimum Gasteiger partial charge on any atom is -0.388 e. The van der Waals surface area contributed by atoms with E-state index in [-0.39, 0.29) is 18.2 Å². The van der Waals surface area contributed by atoms with Crippen molar-refractivity contribution in [2.45, 2.75) is 19.3 Å². The van der Waals surface area contributed by atoms with Crippen molar-refractivity contribution in [3.63, 3.8) is 0 Å². The first-order valence-electron chi connectivity index (χ1n) is 2.71. The molecule has 9 heavy (non-hydrogen) atoms. The minimum atomic E-state index is 0. The van der Waals surface area contributed by atoms with Gasteiger partial charge in [-0.2, -0.15) is 0 Å². The number of rotatable bonds is 4. The van der Waals surface area contributed by atoms with Crippen molar-refractivity contribution in [1.82, 2.24) is 0 Å². The van der Waals surface area contributed by atoms with Gasteiger partial charge in [0.25, 0.3) is 0 Å². The number of nitrogens with two attached hydrogens (primary N) is 1. The van der Waals surface area contributed by atoms with Gasteiger partial charge in [-0.15, -0.1) is 19.0 Å². The fraction of sp³-hybridized carbons (Fsp3) is 0.500. The molecule has 0 heterocycles. The zero-order valence-corrected chi connectivity index (χ0v) is 6.21. The molecular formula is C6H13ClN2. The minimum absolute atomic E-state index is 0. The summed E-state index contributed by atoms with van der Waals surface area (Å²) in [5.41, 5.74) is 5.08. The van der Waals surface area contributed by atoms with Crippen molar-refractivity contribution in [3.05, 3.63) is 12.7 Å². The van der Waals surface area contributed by atoms with Gasteiger partial charge in [0.2, 0.25) is 0 Å². The lowest BCUT2D eigenvalue weighted by molar-refractivity contribution is 0.885. The maximum Gasteiger partial charge on any atom is 0.0905 e. The normalized spacial score (nSPS) is 7.56. The summed E-state index contributed by atoms with van der Waals surface area (Å²) < 4.78 is 0. The highest BCUT2D eigenvalue weighted by atomic mass is 35.5. The van der Waals surface area contributed by atoms with Crippen LogP contribution in [0.3, 0.4) is 0 Å². The van der Waals surface area contributed by atoms with Gasteiger partial charge in [-0.05, 0) is 12.8 Å². The first-order chi connectivity index (χ1) is 3.77. The Kier molecular flexibility index (Phi) is 9.43. The van der Waals surface area contributed by atoms with Crippen LogP contribution in [0.4, 0.5) is 0 Å². The summed E-state index contributed by atoms with van der Waals surface area (Å²) in [4.78, 5) is 0. The number of hydrogen-bond donors (Lipinski definition) is 2. The van der Waals surface area contributed by atoms with Crippen LogP contribution >= 0.6 is 12.4 Å². The van der Waals surface area contributed by atoms with Gasteiger partial charge in [0.15, 0.2) is 0 Å². The molecule has 0 aromatic rings. The summed E-state index contributed by atoms with van der Waals surface area (Å²) in [6, 6.07) is 0. The molecular weight excluding hydrogens is 136 g/mol.